The summed E-state index contributed by atoms with van der Waals surface area (Å²) in [5.41, 5.74) is 0.713. The average molecular weight is 292 g/mol. The molecular formula is C16H20O5. The standard InChI is InChI=1S/C16H20O5/c1-16(2,3)21-15(19)8-6-11-5-7-13(20-4)12(9-11)10-14(17)18/h5-9H,10H2,1-4H3,(H,17,18). The topological polar surface area (TPSA) is 72.8 Å². The fourth-order valence-corrected chi connectivity index (χ4v) is 1.70. The van der Waals surface area contributed by atoms with Gasteiger partial charge in [-0.25, -0.2) is 4.79 Å². The van der Waals surface area contributed by atoms with Gasteiger partial charge in [-0.05, 0) is 44.5 Å². The molecule has 1 rings (SSSR count). The van der Waals surface area contributed by atoms with Gasteiger partial charge in [-0.2, -0.15) is 0 Å². The zero-order valence-electron chi connectivity index (χ0n) is 12.7. The number of methoxy groups -OCH3 is 1. The molecule has 0 heterocycles. The number of ether oxygens (including phenoxy) is 2. The number of carbonyl (C=O) groups is 2. The van der Waals surface area contributed by atoms with Crippen molar-refractivity contribution in [2.24, 2.45) is 0 Å². The summed E-state index contributed by atoms with van der Waals surface area (Å²) in [7, 11) is 1.48. The normalized spacial score (nSPS) is 11.4. The lowest BCUT2D eigenvalue weighted by molar-refractivity contribution is -0.148. The molecule has 0 fully saturated rings. The molecule has 0 aliphatic carbocycles. The summed E-state index contributed by atoms with van der Waals surface area (Å²) in [6.45, 7) is 5.37. The molecule has 0 bridgehead atoms. The van der Waals surface area contributed by atoms with Crippen molar-refractivity contribution in [3.63, 3.8) is 0 Å². The lowest BCUT2D eigenvalue weighted by atomic mass is 10.1. The minimum Gasteiger partial charge on any atom is -0.496 e. The monoisotopic (exact) mass is 292 g/mol. The van der Waals surface area contributed by atoms with Crippen molar-refractivity contribution in [3.05, 3.63) is 35.4 Å². The van der Waals surface area contributed by atoms with Crippen molar-refractivity contribution in [3.8, 4) is 5.75 Å². The van der Waals surface area contributed by atoms with Crippen molar-refractivity contribution in [1.29, 1.82) is 0 Å². The number of hydrogen-bond acceptors (Lipinski definition) is 4. The van der Waals surface area contributed by atoms with Crippen LogP contribution in [-0.4, -0.2) is 29.8 Å². The van der Waals surface area contributed by atoms with E-state index in [4.69, 9.17) is 14.6 Å². The Labute approximate surface area is 124 Å². The molecule has 0 amide bonds. The molecule has 5 nitrogen and oxygen atoms in total. The summed E-state index contributed by atoms with van der Waals surface area (Å²) in [5.74, 6) is -0.883. The van der Waals surface area contributed by atoms with Crippen molar-refractivity contribution in [2.45, 2.75) is 32.8 Å². The summed E-state index contributed by atoms with van der Waals surface area (Å²) >= 11 is 0. The first-order valence-electron chi connectivity index (χ1n) is 6.51. The Morgan fingerprint density at radius 3 is 2.48 bits per heavy atom. The minimum absolute atomic E-state index is 0.142. The van der Waals surface area contributed by atoms with E-state index in [2.05, 4.69) is 0 Å². The van der Waals surface area contributed by atoms with E-state index < -0.39 is 17.5 Å². The molecule has 0 saturated carbocycles. The second-order valence-corrected chi connectivity index (χ2v) is 5.51. The van der Waals surface area contributed by atoms with Crippen molar-refractivity contribution in [2.75, 3.05) is 7.11 Å². The molecule has 1 aromatic rings. The predicted octanol–water partition coefficient (Wildman–Crippen LogP) is 2.68. The number of aliphatic carboxylic acids is 1. The molecule has 21 heavy (non-hydrogen) atoms. The van der Waals surface area contributed by atoms with E-state index in [9.17, 15) is 9.59 Å². The highest BCUT2D eigenvalue weighted by atomic mass is 16.6. The molecule has 5 heteroatoms. The SMILES string of the molecule is COc1ccc(C=CC(=O)OC(C)(C)C)cc1CC(=O)O. The maximum Gasteiger partial charge on any atom is 0.331 e. The summed E-state index contributed by atoms with van der Waals surface area (Å²) < 4.78 is 10.3. The molecule has 0 unspecified atom stereocenters. The first-order valence-corrected chi connectivity index (χ1v) is 6.51. The number of rotatable bonds is 5. The summed E-state index contributed by atoms with van der Waals surface area (Å²) in [5, 5.41) is 8.88. The van der Waals surface area contributed by atoms with Crippen LogP contribution in [0.15, 0.2) is 24.3 Å². The summed E-state index contributed by atoms with van der Waals surface area (Å²) in [4.78, 5) is 22.4. The first-order chi connectivity index (χ1) is 9.71. The number of hydrogen-bond donors (Lipinski definition) is 1. The van der Waals surface area contributed by atoms with Crippen LogP contribution < -0.4 is 4.74 Å². The van der Waals surface area contributed by atoms with Gasteiger partial charge >= 0.3 is 11.9 Å². The Kier molecular flexibility index (Phi) is 5.52. The molecule has 0 atom stereocenters. The maximum atomic E-state index is 11.6. The molecule has 1 N–H and O–H groups in total. The van der Waals surface area contributed by atoms with E-state index in [1.54, 1.807) is 45.0 Å². The fourth-order valence-electron chi connectivity index (χ4n) is 1.70. The Morgan fingerprint density at radius 1 is 1.29 bits per heavy atom. The molecule has 0 aromatic heterocycles. The Balaban J connectivity index is 2.89. The quantitative estimate of drug-likeness (QED) is 0.667. The summed E-state index contributed by atoms with van der Waals surface area (Å²) in [6.07, 6.45) is 2.76. The maximum absolute atomic E-state index is 11.6. The lowest BCUT2D eigenvalue weighted by Gasteiger charge is -2.17. The smallest absolute Gasteiger partial charge is 0.331 e. The van der Waals surface area contributed by atoms with Crippen LogP contribution in [-0.2, 0) is 20.7 Å². The third kappa shape index (κ3) is 6.12. The van der Waals surface area contributed by atoms with Crippen LogP contribution >= 0.6 is 0 Å². The highest BCUT2D eigenvalue weighted by molar-refractivity contribution is 5.87. The predicted molar refractivity (Wildman–Crippen MR) is 79.2 cm³/mol. The number of carbonyl (C=O) groups excluding carboxylic acids is 1. The van der Waals surface area contributed by atoms with Crippen LogP contribution in [0.1, 0.15) is 31.9 Å². The van der Waals surface area contributed by atoms with Gasteiger partial charge in [0, 0.05) is 11.6 Å². The Hall–Kier alpha value is -2.30. The van der Waals surface area contributed by atoms with Crippen LogP contribution in [0, 0.1) is 0 Å². The van der Waals surface area contributed by atoms with Gasteiger partial charge in [0.25, 0.3) is 0 Å². The van der Waals surface area contributed by atoms with Crippen LogP contribution in [0.3, 0.4) is 0 Å². The highest BCUT2D eigenvalue weighted by Gasteiger charge is 2.14. The number of carboxylic acids is 1. The average Bonchev–Trinajstić information content (AvgIpc) is 2.34. The van der Waals surface area contributed by atoms with E-state index in [0.29, 0.717) is 16.9 Å². The van der Waals surface area contributed by atoms with E-state index in [-0.39, 0.29) is 6.42 Å². The van der Waals surface area contributed by atoms with Gasteiger partial charge < -0.3 is 14.6 Å². The molecule has 0 aliphatic heterocycles. The van der Waals surface area contributed by atoms with Gasteiger partial charge in [-0.15, -0.1) is 0 Å². The second kappa shape index (κ2) is 6.92. The van der Waals surface area contributed by atoms with Gasteiger partial charge in [0.15, 0.2) is 0 Å². The molecule has 0 saturated heterocycles. The van der Waals surface area contributed by atoms with E-state index in [1.165, 1.54) is 13.2 Å². The molecule has 114 valence electrons. The van der Waals surface area contributed by atoms with E-state index in [1.807, 2.05) is 0 Å². The van der Waals surface area contributed by atoms with Gasteiger partial charge in [-0.1, -0.05) is 6.07 Å². The van der Waals surface area contributed by atoms with Gasteiger partial charge in [-0.3, -0.25) is 4.79 Å². The van der Waals surface area contributed by atoms with Crippen molar-refractivity contribution in [1.82, 2.24) is 0 Å². The number of esters is 1. The van der Waals surface area contributed by atoms with E-state index in [0.717, 1.165) is 0 Å². The molecule has 0 spiro atoms. The van der Waals surface area contributed by atoms with Crippen LogP contribution in [0.5, 0.6) is 5.75 Å². The Bertz CT molecular complexity index is 552. The summed E-state index contributed by atoms with van der Waals surface area (Å²) in [6, 6.07) is 5.09. The molecular weight excluding hydrogens is 272 g/mol. The van der Waals surface area contributed by atoms with Gasteiger partial charge in [0.1, 0.15) is 11.4 Å². The van der Waals surface area contributed by atoms with Crippen molar-refractivity contribution >= 4 is 18.0 Å². The van der Waals surface area contributed by atoms with Gasteiger partial charge in [0.05, 0.1) is 13.5 Å². The Morgan fingerprint density at radius 2 is 1.95 bits per heavy atom. The fraction of sp³-hybridized carbons (Fsp3) is 0.375. The van der Waals surface area contributed by atoms with Gasteiger partial charge in [0.2, 0.25) is 0 Å². The minimum atomic E-state index is -0.943. The molecule has 0 aliphatic rings. The van der Waals surface area contributed by atoms with E-state index >= 15 is 0 Å². The lowest BCUT2D eigenvalue weighted by Crippen LogP contribution is -2.22. The first kappa shape index (κ1) is 16.8. The van der Waals surface area contributed by atoms with Crippen LogP contribution in [0.25, 0.3) is 6.08 Å². The number of benzene rings is 1. The largest absolute Gasteiger partial charge is 0.496 e. The second-order valence-electron chi connectivity index (χ2n) is 5.51. The molecule has 1 aromatic carbocycles. The van der Waals surface area contributed by atoms with Crippen LogP contribution in [0.4, 0.5) is 0 Å². The van der Waals surface area contributed by atoms with Crippen LogP contribution in [0.2, 0.25) is 0 Å². The zero-order valence-corrected chi connectivity index (χ0v) is 12.7. The number of carboxylic acid groups (broad SMARTS) is 1. The highest BCUT2D eigenvalue weighted by Crippen LogP contribution is 2.21. The molecule has 0 radical (unpaired) electrons. The zero-order chi connectivity index (χ0) is 16.0. The third-order valence-corrected chi connectivity index (χ3v) is 2.46. The van der Waals surface area contributed by atoms with Crippen molar-refractivity contribution < 1.29 is 24.2 Å². The third-order valence-electron chi connectivity index (χ3n) is 2.46.